The summed E-state index contributed by atoms with van der Waals surface area (Å²) < 4.78 is 20.6. The molecule has 2 heterocycles. The number of unbranched alkanes of at least 4 members (excludes halogenated alkanes) is 2. The van der Waals surface area contributed by atoms with Gasteiger partial charge < -0.3 is 4.98 Å². The molecule has 0 aromatic carbocycles. The predicted octanol–water partition coefficient (Wildman–Crippen LogP) is 1.42. The lowest BCUT2D eigenvalue weighted by Gasteiger charge is -1.94. The maximum Gasteiger partial charge on any atom is 0.209 e. The number of nitrogens with zero attached hydrogens (tertiary/aromatic N) is 2. The molecule has 0 unspecified atom stereocenters. The van der Waals surface area contributed by atoms with Crippen LogP contribution in [-0.2, 0) is 10.0 Å². The average Bonchev–Trinajstić information content (AvgIpc) is 2.76. The number of nitrogens with two attached hydrogens (primary N) is 1. The lowest BCUT2D eigenvalue weighted by molar-refractivity contribution is 0.592. The molecule has 0 amide bonds. The molecule has 0 radical (unpaired) electrons. The average molecular weight is 270 g/mol. The molecule has 0 aliphatic heterocycles. The Hall–Kier alpha value is -1.47. The van der Waals surface area contributed by atoms with Crippen molar-refractivity contribution < 1.29 is 8.42 Å². The zero-order valence-electron chi connectivity index (χ0n) is 10.3. The van der Waals surface area contributed by atoms with Gasteiger partial charge in [-0.1, -0.05) is 19.8 Å². The van der Waals surface area contributed by atoms with Gasteiger partial charge in [-0.15, -0.1) is 0 Å². The zero-order valence-corrected chi connectivity index (χ0v) is 11.2. The van der Waals surface area contributed by atoms with Gasteiger partial charge in [0, 0.05) is 6.20 Å². The first-order valence-electron chi connectivity index (χ1n) is 5.76. The molecule has 0 saturated heterocycles. The van der Waals surface area contributed by atoms with Crippen molar-refractivity contribution >= 4 is 21.1 Å². The van der Waals surface area contributed by atoms with Crippen LogP contribution in [0.2, 0.25) is 0 Å². The minimum absolute atomic E-state index is 0.126. The van der Waals surface area contributed by atoms with Crippen LogP contribution in [0.15, 0.2) is 24.8 Å². The van der Waals surface area contributed by atoms with E-state index in [0.717, 1.165) is 23.9 Å². The van der Waals surface area contributed by atoms with E-state index in [9.17, 15) is 8.42 Å². The summed E-state index contributed by atoms with van der Waals surface area (Å²) in [6.45, 7) is 2.02. The molecular formula is C11H18N4O2S. The molecule has 7 heteroatoms. The van der Waals surface area contributed by atoms with Gasteiger partial charge in [-0.2, -0.15) is 0 Å². The van der Waals surface area contributed by atoms with Crippen molar-refractivity contribution in [3.05, 3.63) is 24.8 Å². The molecule has 0 aliphatic rings. The second-order valence-electron chi connectivity index (χ2n) is 3.87. The molecule has 0 bridgehead atoms. The fraction of sp³-hybridized carbons (Fsp3) is 0.455. The van der Waals surface area contributed by atoms with Crippen LogP contribution >= 0.6 is 0 Å². The first kappa shape index (κ1) is 14.6. The highest BCUT2D eigenvalue weighted by atomic mass is 32.2. The van der Waals surface area contributed by atoms with Crippen LogP contribution in [0.4, 0.5) is 0 Å². The number of rotatable bonds is 4. The van der Waals surface area contributed by atoms with Gasteiger partial charge in [-0.25, -0.2) is 23.5 Å². The lowest BCUT2D eigenvalue weighted by Crippen LogP contribution is -2.16. The maximum atomic E-state index is 10.3. The van der Waals surface area contributed by atoms with Crippen LogP contribution in [0.25, 0.3) is 11.0 Å². The molecule has 2 aromatic heterocycles. The highest BCUT2D eigenvalue weighted by Crippen LogP contribution is 2.03. The third-order valence-electron chi connectivity index (χ3n) is 2.26. The van der Waals surface area contributed by atoms with Crippen LogP contribution < -0.4 is 5.14 Å². The van der Waals surface area contributed by atoms with Crippen molar-refractivity contribution in [1.82, 2.24) is 15.0 Å². The van der Waals surface area contributed by atoms with Crippen molar-refractivity contribution in [2.45, 2.75) is 26.2 Å². The van der Waals surface area contributed by atoms with E-state index in [0.29, 0.717) is 6.42 Å². The molecular weight excluding hydrogens is 252 g/mol. The number of H-pyrrole nitrogens is 1. The minimum atomic E-state index is -3.20. The molecule has 18 heavy (non-hydrogen) atoms. The molecule has 0 spiro atoms. The summed E-state index contributed by atoms with van der Waals surface area (Å²) in [4.78, 5) is 10.8. The number of primary sulfonamides is 1. The Labute approximate surface area is 107 Å². The van der Waals surface area contributed by atoms with Crippen molar-refractivity contribution in [2.75, 3.05) is 5.75 Å². The fourth-order valence-electron chi connectivity index (χ4n) is 1.35. The van der Waals surface area contributed by atoms with Gasteiger partial charge in [0.05, 0.1) is 23.0 Å². The standard InChI is InChI=1S/C6H5N3.C5H13NO2S/c1-2-8-6-3-7-4-9-5(1)6;1-2-3-4-5-9(6,7)8/h1-4,8H;2-5H2,1H3,(H2,6,7,8). The molecule has 6 nitrogen and oxygen atoms in total. The summed E-state index contributed by atoms with van der Waals surface area (Å²) in [5.74, 6) is 0.126. The van der Waals surface area contributed by atoms with Gasteiger partial charge in [-0.3, -0.25) is 0 Å². The van der Waals surface area contributed by atoms with Crippen molar-refractivity contribution in [1.29, 1.82) is 0 Å². The summed E-state index contributed by atoms with van der Waals surface area (Å²) in [6, 6.07) is 1.91. The minimum Gasteiger partial charge on any atom is -0.359 e. The number of hydrogen-bond acceptors (Lipinski definition) is 4. The predicted molar refractivity (Wildman–Crippen MR) is 71.4 cm³/mol. The van der Waals surface area contributed by atoms with Crippen LogP contribution in [0, 0.1) is 0 Å². The highest BCUT2D eigenvalue weighted by molar-refractivity contribution is 7.89. The highest BCUT2D eigenvalue weighted by Gasteiger charge is 1.99. The SMILES string of the molecule is CCCCCS(N)(=O)=O.c1ncc2[nH]ccc2n1. The number of aromatic amines is 1. The van der Waals surface area contributed by atoms with E-state index < -0.39 is 10.0 Å². The van der Waals surface area contributed by atoms with Gasteiger partial charge in [0.1, 0.15) is 6.33 Å². The summed E-state index contributed by atoms with van der Waals surface area (Å²) in [5, 5.41) is 4.75. The normalized spacial score (nSPS) is 11.0. The number of nitrogens with one attached hydrogen (secondary N) is 1. The van der Waals surface area contributed by atoms with Crippen LogP contribution in [0.1, 0.15) is 26.2 Å². The van der Waals surface area contributed by atoms with Gasteiger partial charge in [-0.05, 0) is 12.5 Å². The van der Waals surface area contributed by atoms with E-state index in [4.69, 9.17) is 5.14 Å². The van der Waals surface area contributed by atoms with Gasteiger partial charge in [0.2, 0.25) is 10.0 Å². The summed E-state index contributed by atoms with van der Waals surface area (Å²) in [7, 11) is -3.20. The number of aromatic nitrogens is 3. The third-order valence-corrected chi connectivity index (χ3v) is 3.11. The fourth-order valence-corrected chi connectivity index (χ4v) is 1.95. The van der Waals surface area contributed by atoms with Crippen LogP contribution in [-0.4, -0.2) is 29.1 Å². The van der Waals surface area contributed by atoms with Crippen molar-refractivity contribution in [3.63, 3.8) is 0 Å². The Kier molecular flexibility index (Phi) is 5.73. The summed E-state index contributed by atoms with van der Waals surface area (Å²) in [5.41, 5.74) is 1.95. The van der Waals surface area contributed by atoms with E-state index in [1.165, 1.54) is 6.33 Å². The summed E-state index contributed by atoms with van der Waals surface area (Å²) in [6.07, 6.45) is 7.79. The Morgan fingerprint density at radius 1 is 1.39 bits per heavy atom. The molecule has 0 saturated carbocycles. The van der Waals surface area contributed by atoms with E-state index >= 15 is 0 Å². The molecule has 3 N–H and O–H groups in total. The van der Waals surface area contributed by atoms with Gasteiger partial charge in [0.25, 0.3) is 0 Å². The molecule has 0 atom stereocenters. The van der Waals surface area contributed by atoms with E-state index in [-0.39, 0.29) is 5.75 Å². The number of fused-ring (bicyclic) bond motifs is 1. The van der Waals surface area contributed by atoms with E-state index in [1.807, 2.05) is 19.2 Å². The first-order chi connectivity index (χ1) is 8.53. The Bertz CT molecular complexity index is 535. The van der Waals surface area contributed by atoms with Gasteiger partial charge in [0.15, 0.2) is 0 Å². The second-order valence-corrected chi connectivity index (χ2v) is 5.61. The lowest BCUT2D eigenvalue weighted by atomic mass is 10.3. The quantitative estimate of drug-likeness (QED) is 0.820. The Morgan fingerprint density at radius 2 is 2.17 bits per heavy atom. The van der Waals surface area contributed by atoms with E-state index in [2.05, 4.69) is 15.0 Å². The molecule has 0 fully saturated rings. The monoisotopic (exact) mass is 270 g/mol. The van der Waals surface area contributed by atoms with E-state index in [1.54, 1.807) is 6.20 Å². The second kappa shape index (κ2) is 7.07. The maximum absolute atomic E-state index is 10.3. The Morgan fingerprint density at radius 3 is 2.78 bits per heavy atom. The topological polar surface area (TPSA) is 102 Å². The number of sulfonamides is 1. The Balaban J connectivity index is 0.000000180. The molecule has 2 rings (SSSR count). The van der Waals surface area contributed by atoms with Crippen molar-refractivity contribution in [3.8, 4) is 0 Å². The largest absolute Gasteiger partial charge is 0.359 e. The van der Waals surface area contributed by atoms with Crippen molar-refractivity contribution in [2.24, 2.45) is 5.14 Å². The smallest absolute Gasteiger partial charge is 0.209 e. The zero-order chi connectivity index (χ0) is 13.4. The number of hydrogen-bond donors (Lipinski definition) is 2. The molecule has 2 aromatic rings. The summed E-state index contributed by atoms with van der Waals surface area (Å²) >= 11 is 0. The van der Waals surface area contributed by atoms with Gasteiger partial charge >= 0.3 is 0 Å². The first-order valence-corrected chi connectivity index (χ1v) is 7.48. The molecule has 0 aliphatic carbocycles. The van der Waals surface area contributed by atoms with Crippen LogP contribution in [0.5, 0.6) is 0 Å². The van der Waals surface area contributed by atoms with Crippen LogP contribution in [0.3, 0.4) is 0 Å². The third kappa shape index (κ3) is 5.74. The molecule has 100 valence electrons.